The lowest BCUT2D eigenvalue weighted by Gasteiger charge is -2.25. The van der Waals surface area contributed by atoms with Gasteiger partial charge in [-0.1, -0.05) is 13.8 Å². The second-order valence-corrected chi connectivity index (χ2v) is 4.29. The molecule has 1 heterocycles. The van der Waals surface area contributed by atoms with Crippen LogP contribution in [0.1, 0.15) is 37.2 Å². The van der Waals surface area contributed by atoms with Crippen molar-refractivity contribution in [3.8, 4) is 0 Å². The number of carbonyl (C=O) groups is 1. The highest BCUT2D eigenvalue weighted by atomic mass is 16.3. The van der Waals surface area contributed by atoms with Crippen LogP contribution in [0.2, 0.25) is 0 Å². The molecule has 0 aliphatic rings. The van der Waals surface area contributed by atoms with Gasteiger partial charge >= 0.3 is 0 Å². The maximum atomic E-state index is 11.8. The monoisotopic (exact) mass is 253 g/mol. The highest BCUT2D eigenvalue weighted by Crippen LogP contribution is 2.12. The summed E-state index contributed by atoms with van der Waals surface area (Å²) in [7, 11) is 1.48. The zero-order valence-corrected chi connectivity index (χ0v) is 10.9. The van der Waals surface area contributed by atoms with E-state index in [0.29, 0.717) is 12.8 Å². The van der Waals surface area contributed by atoms with Crippen molar-refractivity contribution in [3.63, 3.8) is 0 Å². The summed E-state index contributed by atoms with van der Waals surface area (Å²) in [5, 5.41) is 16.5. The summed E-state index contributed by atoms with van der Waals surface area (Å²) in [5.41, 5.74) is -1.01. The molecule has 0 bridgehead atoms. The summed E-state index contributed by atoms with van der Waals surface area (Å²) in [5.74, 6) is -0.397. The van der Waals surface area contributed by atoms with Gasteiger partial charge in [0.1, 0.15) is 5.69 Å². The molecule has 1 rings (SSSR count). The number of aromatic nitrogens is 2. The molecule has 18 heavy (non-hydrogen) atoms. The van der Waals surface area contributed by atoms with E-state index in [9.17, 15) is 14.7 Å². The fraction of sp³-hybridized carbons (Fsp3) is 0.583. The fourth-order valence-electron chi connectivity index (χ4n) is 1.46. The predicted molar refractivity (Wildman–Crippen MR) is 67.3 cm³/mol. The predicted octanol–water partition coefficient (Wildman–Crippen LogP) is 0.0612. The van der Waals surface area contributed by atoms with Crippen LogP contribution in [0, 0.1) is 0 Å². The number of carbonyl (C=O) groups excluding carboxylic acids is 1. The molecule has 0 spiro atoms. The molecule has 0 atom stereocenters. The molecule has 2 N–H and O–H groups in total. The highest BCUT2D eigenvalue weighted by Gasteiger charge is 2.23. The molecule has 6 nitrogen and oxygen atoms in total. The average molecular weight is 253 g/mol. The van der Waals surface area contributed by atoms with E-state index in [2.05, 4.69) is 10.4 Å². The molecule has 0 aliphatic carbocycles. The summed E-state index contributed by atoms with van der Waals surface area (Å²) in [6, 6.07) is 2.66. The maximum absolute atomic E-state index is 11.8. The molecule has 0 saturated carbocycles. The van der Waals surface area contributed by atoms with Gasteiger partial charge in [0.05, 0.1) is 5.60 Å². The Bertz CT molecular complexity index is 478. The molecular weight excluding hydrogens is 234 g/mol. The number of nitrogens with one attached hydrogen (secondary N) is 1. The first-order valence-corrected chi connectivity index (χ1v) is 5.97. The van der Waals surface area contributed by atoms with Gasteiger partial charge in [0.15, 0.2) is 0 Å². The van der Waals surface area contributed by atoms with E-state index >= 15 is 0 Å². The smallest absolute Gasteiger partial charge is 0.271 e. The maximum Gasteiger partial charge on any atom is 0.271 e. The lowest BCUT2D eigenvalue weighted by atomic mass is 9.97. The standard InChI is InChI=1S/C12H19N3O3/c1-4-12(18,5-2)8-13-11(17)9-6-7-10(16)15(3)14-9/h6-7,18H,4-5,8H2,1-3H3,(H,13,17). The number of aryl methyl sites for hydroxylation is 1. The Balaban J connectivity index is 2.71. The molecule has 0 radical (unpaired) electrons. The van der Waals surface area contributed by atoms with Crippen LogP contribution in [-0.2, 0) is 7.05 Å². The fourth-order valence-corrected chi connectivity index (χ4v) is 1.46. The van der Waals surface area contributed by atoms with E-state index in [1.165, 1.54) is 19.2 Å². The van der Waals surface area contributed by atoms with E-state index < -0.39 is 11.5 Å². The topological polar surface area (TPSA) is 84.2 Å². The largest absolute Gasteiger partial charge is 0.388 e. The van der Waals surface area contributed by atoms with Crippen LogP contribution in [0.15, 0.2) is 16.9 Å². The summed E-state index contributed by atoms with van der Waals surface area (Å²) in [4.78, 5) is 22.9. The van der Waals surface area contributed by atoms with Gasteiger partial charge in [-0.15, -0.1) is 0 Å². The Hall–Kier alpha value is -1.69. The van der Waals surface area contributed by atoms with Crippen molar-refractivity contribution < 1.29 is 9.90 Å². The van der Waals surface area contributed by atoms with Crippen molar-refractivity contribution in [2.24, 2.45) is 7.05 Å². The van der Waals surface area contributed by atoms with Gasteiger partial charge < -0.3 is 10.4 Å². The van der Waals surface area contributed by atoms with Crippen molar-refractivity contribution in [3.05, 3.63) is 28.2 Å². The third-order valence-electron chi connectivity index (χ3n) is 3.09. The summed E-state index contributed by atoms with van der Waals surface area (Å²) in [6.07, 6.45) is 1.12. The molecule has 6 heteroatoms. The molecule has 1 aromatic rings. The van der Waals surface area contributed by atoms with E-state index in [1.807, 2.05) is 13.8 Å². The van der Waals surface area contributed by atoms with Crippen LogP contribution < -0.4 is 10.9 Å². The summed E-state index contributed by atoms with van der Waals surface area (Å²) in [6.45, 7) is 3.89. The van der Waals surface area contributed by atoms with Crippen molar-refractivity contribution in [1.82, 2.24) is 15.1 Å². The quantitative estimate of drug-likeness (QED) is 0.777. The van der Waals surface area contributed by atoms with Gasteiger partial charge in [-0.3, -0.25) is 9.59 Å². The summed E-state index contributed by atoms with van der Waals surface area (Å²) >= 11 is 0. The number of hydrogen-bond donors (Lipinski definition) is 2. The Morgan fingerprint density at radius 2 is 2.06 bits per heavy atom. The summed E-state index contributed by atoms with van der Waals surface area (Å²) < 4.78 is 1.10. The van der Waals surface area contributed by atoms with Gasteiger partial charge in [-0.2, -0.15) is 5.10 Å². The average Bonchev–Trinajstić information content (AvgIpc) is 2.38. The molecule has 0 fully saturated rings. The number of hydrogen-bond acceptors (Lipinski definition) is 4. The van der Waals surface area contributed by atoms with Gasteiger partial charge in [0.2, 0.25) is 0 Å². The van der Waals surface area contributed by atoms with Crippen molar-refractivity contribution in [2.45, 2.75) is 32.3 Å². The molecular formula is C12H19N3O3. The van der Waals surface area contributed by atoms with E-state index in [0.717, 1.165) is 4.68 Å². The molecule has 0 unspecified atom stereocenters. The minimum Gasteiger partial charge on any atom is -0.388 e. The third kappa shape index (κ3) is 3.40. The SMILES string of the molecule is CCC(O)(CC)CNC(=O)c1ccc(=O)n(C)n1. The van der Waals surface area contributed by atoms with Gasteiger partial charge in [-0.25, -0.2) is 4.68 Å². The Kier molecular flexibility index (Phi) is 4.61. The number of nitrogens with zero attached hydrogens (tertiary/aromatic N) is 2. The van der Waals surface area contributed by atoms with Crippen LogP contribution in [0.5, 0.6) is 0 Å². The van der Waals surface area contributed by atoms with E-state index in [1.54, 1.807) is 0 Å². The molecule has 0 aliphatic heterocycles. The van der Waals surface area contributed by atoms with E-state index in [-0.39, 0.29) is 17.8 Å². The zero-order valence-electron chi connectivity index (χ0n) is 10.9. The normalized spacial score (nSPS) is 11.3. The Labute approximate surface area is 106 Å². The van der Waals surface area contributed by atoms with Crippen LogP contribution in [0.3, 0.4) is 0 Å². The first-order chi connectivity index (χ1) is 8.41. The van der Waals surface area contributed by atoms with Gasteiger partial charge in [0, 0.05) is 19.7 Å². The van der Waals surface area contributed by atoms with E-state index in [4.69, 9.17) is 0 Å². The van der Waals surface area contributed by atoms with Crippen LogP contribution in [0.25, 0.3) is 0 Å². The second kappa shape index (κ2) is 5.77. The van der Waals surface area contributed by atoms with Crippen LogP contribution in [0.4, 0.5) is 0 Å². The first kappa shape index (κ1) is 14.4. The van der Waals surface area contributed by atoms with Crippen molar-refractivity contribution >= 4 is 5.91 Å². The van der Waals surface area contributed by atoms with Crippen molar-refractivity contribution in [1.29, 1.82) is 0 Å². The third-order valence-corrected chi connectivity index (χ3v) is 3.09. The lowest BCUT2D eigenvalue weighted by Crippen LogP contribution is -2.42. The molecule has 0 saturated heterocycles. The minimum atomic E-state index is -0.893. The molecule has 1 aromatic heterocycles. The minimum absolute atomic E-state index is 0.159. The van der Waals surface area contributed by atoms with Gasteiger partial charge in [-0.05, 0) is 18.9 Å². The molecule has 100 valence electrons. The molecule has 0 aromatic carbocycles. The highest BCUT2D eigenvalue weighted by molar-refractivity contribution is 5.92. The van der Waals surface area contributed by atoms with Crippen molar-refractivity contribution in [2.75, 3.05) is 6.54 Å². The molecule has 1 amide bonds. The Morgan fingerprint density at radius 1 is 1.44 bits per heavy atom. The number of aliphatic hydroxyl groups is 1. The number of amides is 1. The Morgan fingerprint density at radius 3 is 2.56 bits per heavy atom. The van der Waals surface area contributed by atoms with Gasteiger partial charge in [0.25, 0.3) is 11.5 Å². The number of rotatable bonds is 5. The lowest BCUT2D eigenvalue weighted by molar-refractivity contribution is 0.0313. The first-order valence-electron chi connectivity index (χ1n) is 5.97. The van der Waals surface area contributed by atoms with Crippen LogP contribution in [-0.4, -0.2) is 32.9 Å². The second-order valence-electron chi connectivity index (χ2n) is 4.29. The van der Waals surface area contributed by atoms with Crippen LogP contribution >= 0.6 is 0 Å². The zero-order chi connectivity index (χ0) is 13.8.